The lowest BCUT2D eigenvalue weighted by atomic mass is 10.1. The summed E-state index contributed by atoms with van der Waals surface area (Å²) in [5.41, 5.74) is 2.64. The molecular weight excluding hydrogens is 290 g/mol. The molecule has 0 radical (unpaired) electrons. The fourth-order valence-corrected chi connectivity index (χ4v) is 2.43. The van der Waals surface area contributed by atoms with Crippen LogP contribution in [0.15, 0.2) is 54.9 Å². The lowest BCUT2D eigenvalue weighted by Crippen LogP contribution is -2.26. The quantitative estimate of drug-likeness (QED) is 0.802. The molecule has 1 amide bonds. The van der Waals surface area contributed by atoms with Gasteiger partial charge in [-0.25, -0.2) is 4.68 Å². The molecule has 3 aromatic rings. The normalized spacial score (nSPS) is 13.7. The summed E-state index contributed by atoms with van der Waals surface area (Å²) >= 11 is 0. The van der Waals surface area contributed by atoms with E-state index in [9.17, 15) is 4.79 Å². The summed E-state index contributed by atoms with van der Waals surface area (Å²) in [6, 6.07) is 13.6. The van der Waals surface area contributed by atoms with Crippen LogP contribution in [0.3, 0.4) is 0 Å². The molecule has 2 aromatic heterocycles. The lowest BCUT2D eigenvalue weighted by molar-refractivity contribution is 0.0946. The molecule has 0 bridgehead atoms. The average molecular weight is 305 g/mol. The van der Waals surface area contributed by atoms with Gasteiger partial charge in [-0.15, -0.1) is 5.10 Å². The van der Waals surface area contributed by atoms with Gasteiger partial charge in [-0.3, -0.25) is 9.78 Å². The fraction of sp³-hybridized carbons (Fsp3) is 0.176. The Balaban J connectivity index is 1.83. The van der Waals surface area contributed by atoms with Crippen molar-refractivity contribution in [2.75, 3.05) is 0 Å². The molecule has 1 fully saturated rings. The maximum absolute atomic E-state index is 12.5. The van der Waals surface area contributed by atoms with E-state index in [0.29, 0.717) is 11.4 Å². The predicted octanol–water partition coefficient (Wildman–Crippen LogP) is 2.22. The average Bonchev–Trinajstić information content (AvgIpc) is 3.30. The molecule has 1 aliphatic carbocycles. The Morgan fingerprint density at radius 1 is 1.13 bits per heavy atom. The van der Waals surface area contributed by atoms with E-state index in [-0.39, 0.29) is 11.9 Å². The van der Waals surface area contributed by atoms with Gasteiger partial charge in [0.2, 0.25) is 0 Å². The summed E-state index contributed by atoms with van der Waals surface area (Å²) in [4.78, 5) is 16.6. The van der Waals surface area contributed by atoms with Crippen molar-refractivity contribution in [2.45, 2.75) is 18.9 Å². The van der Waals surface area contributed by atoms with Crippen molar-refractivity contribution in [3.8, 4) is 16.9 Å². The number of nitrogens with zero attached hydrogens (tertiary/aromatic N) is 4. The second-order valence-corrected chi connectivity index (χ2v) is 5.52. The van der Waals surface area contributed by atoms with E-state index < -0.39 is 0 Å². The van der Waals surface area contributed by atoms with Crippen molar-refractivity contribution < 1.29 is 4.79 Å². The molecule has 1 N–H and O–H groups in total. The Hall–Kier alpha value is -3.02. The smallest absolute Gasteiger partial charge is 0.274 e. The summed E-state index contributed by atoms with van der Waals surface area (Å²) in [5, 5.41) is 11.3. The van der Waals surface area contributed by atoms with Crippen LogP contribution in [0.1, 0.15) is 23.3 Å². The maximum atomic E-state index is 12.5. The number of aromatic nitrogens is 4. The predicted molar refractivity (Wildman–Crippen MR) is 85.1 cm³/mol. The first-order valence-corrected chi connectivity index (χ1v) is 7.55. The zero-order valence-corrected chi connectivity index (χ0v) is 12.4. The highest BCUT2D eigenvalue weighted by Crippen LogP contribution is 2.26. The summed E-state index contributed by atoms with van der Waals surface area (Å²) in [6.07, 6.45) is 5.47. The van der Waals surface area contributed by atoms with Crippen LogP contribution in [0.25, 0.3) is 16.9 Å². The Morgan fingerprint density at radius 2 is 1.96 bits per heavy atom. The molecule has 0 unspecified atom stereocenters. The van der Waals surface area contributed by atoms with E-state index in [0.717, 1.165) is 24.1 Å². The first kappa shape index (κ1) is 13.6. The maximum Gasteiger partial charge on any atom is 0.274 e. The van der Waals surface area contributed by atoms with Crippen molar-refractivity contribution >= 4 is 5.91 Å². The number of hydrogen-bond acceptors (Lipinski definition) is 4. The minimum atomic E-state index is -0.187. The van der Waals surface area contributed by atoms with Crippen molar-refractivity contribution in [2.24, 2.45) is 0 Å². The van der Waals surface area contributed by atoms with Crippen LogP contribution >= 0.6 is 0 Å². The molecule has 1 aliphatic rings. The minimum absolute atomic E-state index is 0.187. The van der Waals surface area contributed by atoms with Crippen molar-refractivity contribution in [1.82, 2.24) is 25.3 Å². The third kappa shape index (κ3) is 2.70. The van der Waals surface area contributed by atoms with Crippen molar-refractivity contribution in [3.63, 3.8) is 0 Å². The molecule has 2 heterocycles. The Bertz CT molecular complexity index is 825. The number of carbonyl (C=O) groups is 1. The molecule has 0 spiro atoms. The van der Waals surface area contributed by atoms with E-state index in [2.05, 4.69) is 20.6 Å². The highest BCUT2D eigenvalue weighted by molar-refractivity contribution is 5.98. The molecule has 0 aliphatic heterocycles. The van der Waals surface area contributed by atoms with Crippen LogP contribution in [0.4, 0.5) is 0 Å². The van der Waals surface area contributed by atoms with Crippen molar-refractivity contribution in [3.05, 3.63) is 60.6 Å². The van der Waals surface area contributed by atoms with E-state index in [1.807, 2.05) is 42.5 Å². The molecule has 0 saturated heterocycles. The van der Waals surface area contributed by atoms with Gasteiger partial charge in [-0.1, -0.05) is 23.4 Å². The minimum Gasteiger partial charge on any atom is -0.348 e. The van der Waals surface area contributed by atoms with Gasteiger partial charge >= 0.3 is 0 Å². The first-order valence-electron chi connectivity index (χ1n) is 7.55. The lowest BCUT2D eigenvalue weighted by Gasteiger charge is -2.08. The second-order valence-electron chi connectivity index (χ2n) is 5.52. The number of benzene rings is 1. The van der Waals surface area contributed by atoms with Gasteiger partial charge in [-0.2, -0.15) is 0 Å². The third-order valence-electron chi connectivity index (χ3n) is 3.73. The summed E-state index contributed by atoms with van der Waals surface area (Å²) in [5.74, 6) is -0.187. The number of carbonyl (C=O) groups excluding carboxylic acids is 1. The van der Waals surface area contributed by atoms with Gasteiger partial charge in [0, 0.05) is 24.0 Å². The Labute approximate surface area is 133 Å². The van der Waals surface area contributed by atoms with E-state index in [1.165, 1.54) is 0 Å². The number of rotatable bonds is 4. The fourth-order valence-electron chi connectivity index (χ4n) is 2.43. The van der Waals surface area contributed by atoms with Crippen LogP contribution < -0.4 is 5.32 Å². The van der Waals surface area contributed by atoms with Crippen LogP contribution in [0, 0.1) is 0 Å². The molecule has 114 valence electrons. The molecule has 23 heavy (non-hydrogen) atoms. The Morgan fingerprint density at radius 3 is 2.65 bits per heavy atom. The van der Waals surface area contributed by atoms with Gasteiger partial charge in [0.05, 0.1) is 5.69 Å². The zero-order valence-electron chi connectivity index (χ0n) is 12.4. The molecule has 6 nitrogen and oxygen atoms in total. The van der Waals surface area contributed by atoms with Crippen LogP contribution in [-0.4, -0.2) is 31.9 Å². The highest BCUT2D eigenvalue weighted by atomic mass is 16.2. The van der Waals surface area contributed by atoms with Gasteiger partial charge < -0.3 is 5.32 Å². The number of pyridine rings is 1. The highest BCUT2D eigenvalue weighted by Gasteiger charge is 2.28. The SMILES string of the molecule is O=C(NC1CC1)c1nnn(-c2ccccc2)c1-c1cccnc1. The van der Waals surface area contributed by atoms with Gasteiger partial charge in [0.1, 0.15) is 5.69 Å². The number of para-hydroxylation sites is 1. The number of amides is 1. The summed E-state index contributed by atoms with van der Waals surface area (Å²) < 4.78 is 1.68. The third-order valence-corrected chi connectivity index (χ3v) is 3.73. The molecule has 1 saturated carbocycles. The molecule has 4 rings (SSSR count). The van der Waals surface area contributed by atoms with Crippen molar-refractivity contribution in [1.29, 1.82) is 0 Å². The standard InChI is InChI=1S/C17H15N5O/c23-17(19-13-8-9-13)15-16(12-5-4-10-18-11-12)22(21-20-15)14-6-2-1-3-7-14/h1-7,10-11,13H,8-9H2,(H,19,23). The molecular formula is C17H15N5O. The summed E-state index contributed by atoms with van der Waals surface area (Å²) in [7, 11) is 0. The molecule has 1 aromatic carbocycles. The Kier molecular flexibility index (Phi) is 3.34. The van der Waals surface area contributed by atoms with E-state index in [1.54, 1.807) is 17.1 Å². The van der Waals surface area contributed by atoms with Gasteiger partial charge in [0.15, 0.2) is 5.69 Å². The van der Waals surface area contributed by atoms with Crippen LogP contribution in [0.2, 0.25) is 0 Å². The topological polar surface area (TPSA) is 72.7 Å². The second kappa shape index (κ2) is 5.64. The zero-order chi connectivity index (χ0) is 15.6. The molecule has 6 heteroatoms. The summed E-state index contributed by atoms with van der Waals surface area (Å²) in [6.45, 7) is 0. The first-order chi connectivity index (χ1) is 11.3. The van der Waals surface area contributed by atoms with Crippen LogP contribution in [-0.2, 0) is 0 Å². The van der Waals surface area contributed by atoms with Crippen LogP contribution in [0.5, 0.6) is 0 Å². The number of hydrogen-bond donors (Lipinski definition) is 1. The molecule has 0 atom stereocenters. The monoisotopic (exact) mass is 305 g/mol. The largest absolute Gasteiger partial charge is 0.348 e. The van der Waals surface area contributed by atoms with E-state index in [4.69, 9.17) is 0 Å². The van der Waals surface area contributed by atoms with Gasteiger partial charge in [0.25, 0.3) is 5.91 Å². The number of nitrogens with one attached hydrogen (secondary N) is 1. The van der Waals surface area contributed by atoms with E-state index >= 15 is 0 Å². The van der Waals surface area contributed by atoms with Gasteiger partial charge in [-0.05, 0) is 37.1 Å².